The molecule has 1 heterocycles. The van der Waals surface area contributed by atoms with Crippen LogP contribution in [0.15, 0.2) is 107 Å². The van der Waals surface area contributed by atoms with Crippen molar-refractivity contribution in [2.24, 2.45) is 0 Å². The summed E-state index contributed by atoms with van der Waals surface area (Å²) in [5.41, 5.74) is 7.84. The number of hydroxylamine groups is 1. The molecular formula is C24H21NOS2. The third-order valence-corrected chi connectivity index (χ3v) is 6.77. The van der Waals surface area contributed by atoms with Crippen molar-refractivity contribution < 1.29 is 4.84 Å². The molecule has 1 aliphatic heterocycles. The van der Waals surface area contributed by atoms with Crippen LogP contribution in [0.2, 0.25) is 0 Å². The minimum Gasteiger partial charge on any atom is -0.390 e. The Morgan fingerprint density at radius 2 is 1.39 bits per heavy atom. The fourth-order valence-electron chi connectivity index (χ4n) is 2.91. The first-order valence-electron chi connectivity index (χ1n) is 9.15. The van der Waals surface area contributed by atoms with Crippen LogP contribution in [0, 0.1) is 0 Å². The number of rotatable bonds is 7. The second-order valence-electron chi connectivity index (χ2n) is 6.31. The van der Waals surface area contributed by atoms with E-state index in [1.807, 2.05) is 29.6 Å². The van der Waals surface area contributed by atoms with Gasteiger partial charge >= 0.3 is 0 Å². The number of nitrogens with one attached hydrogen (secondary N) is 1. The molecule has 3 aromatic carbocycles. The van der Waals surface area contributed by atoms with E-state index in [1.165, 1.54) is 26.5 Å². The standard InChI is InChI=1S/C24H21NOS2/c1-3-9-19(10-4-1)17-27-23-15-7-13-21(22-14-8-16-26-25-22)24(23)28-18-20-11-5-2-6-12-20/h1-16,25H,17-18H2. The van der Waals surface area contributed by atoms with Gasteiger partial charge in [0, 0.05) is 26.9 Å². The van der Waals surface area contributed by atoms with E-state index in [-0.39, 0.29) is 0 Å². The summed E-state index contributed by atoms with van der Waals surface area (Å²) < 4.78 is 0. The first-order valence-corrected chi connectivity index (χ1v) is 11.1. The van der Waals surface area contributed by atoms with Crippen LogP contribution in [0.3, 0.4) is 0 Å². The SMILES string of the molecule is C1=CONC(c2cccc(SCc3ccccc3)c2SCc2ccccc2)=C1. The topological polar surface area (TPSA) is 21.3 Å². The van der Waals surface area contributed by atoms with Crippen molar-refractivity contribution in [2.45, 2.75) is 21.3 Å². The number of benzene rings is 3. The highest BCUT2D eigenvalue weighted by Gasteiger charge is 2.15. The van der Waals surface area contributed by atoms with Crippen molar-refractivity contribution in [3.8, 4) is 0 Å². The summed E-state index contributed by atoms with van der Waals surface area (Å²) >= 11 is 3.75. The predicted molar refractivity (Wildman–Crippen MR) is 120 cm³/mol. The lowest BCUT2D eigenvalue weighted by Crippen LogP contribution is -2.12. The zero-order valence-corrected chi connectivity index (χ0v) is 17.0. The molecule has 28 heavy (non-hydrogen) atoms. The molecule has 0 radical (unpaired) electrons. The van der Waals surface area contributed by atoms with Crippen molar-refractivity contribution >= 4 is 29.2 Å². The fraction of sp³-hybridized carbons (Fsp3) is 0.0833. The van der Waals surface area contributed by atoms with Gasteiger partial charge in [-0.3, -0.25) is 0 Å². The van der Waals surface area contributed by atoms with Crippen LogP contribution < -0.4 is 5.48 Å². The Hall–Kier alpha value is -2.56. The zero-order chi connectivity index (χ0) is 19.0. The van der Waals surface area contributed by atoms with Gasteiger partial charge in [0.15, 0.2) is 0 Å². The Labute approximate surface area is 174 Å². The highest BCUT2D eigenvalue weighted by molar-refractivity contribution is 8.01. The Morgan fingerprint density at radius 3 is 2.04 bits per heavy atom. The van der Waals surface area contributed by atoms with Crippen molar-refractivity contribution in [1.29, 1.82) is 0 Å². The average molecular weight is 404 g/mol. The van der Waals surface area contributed by atoms with Gasteiger partial charge in [-0.1, -0.05) is 72.8 Å². The molecule has 0 saturated carbocycles. The quantitative estimate of drug-likeness (QED) is 0.445. The van der Waals surface area contributed by atoms with Crippen molar-refractivity contribution in [3.63, 3.8) is 0 Å². The van der Waals surface area contributed by atoms with Gasteiger partial charge in [-0.05, 0) is 29.3 Å². The smallest absolute Gasteiger partial charge is 0.119 e. The lowest BCUT2D eigenvalue weighted by atomic mass is 10.1. The molecule has 0 fully saturated rings. The molecule has 0 aromatic heterocycles. The minimum absolute atomic E-state index is 0.931. The summed E-state index contributed by atoms with van der Waals surface area (Å²) in [5, 5.41) is 0. The second-order valence-corrected chi connectivity index (χ2v) is 8.31. The molecule has 0 spiro atoms. The Morgan fingerprint density at radius 1 is 0.714 bits per heavy atom. The van der Waals surface area contributed by atoms with Gasteiger partial charge < -0.3 is 4.84 Å². The summed E-state index contributed by atoms with van der Waals surface area (Å²) in [7, 11) is 0. The Kier molecular flexibility index (Phi) is 6.43. The monoisotopic (exact) mass is 403 g/mol. The van der Waals surface area contributed by atoms with Gasteiger partial charge in [0.2, 0.25) is 0 Å². The van der Waals surface area contributed by atoms with E-state index < -0.39 is 0 Å². The highest BCUT2D eigenvalue weighted by atomic mass is 32.2. The molecule has 4 heteroatoms. The van der Waals surface area contributed by atoms with E-state index in [9.17, 15) is 0 Å². The highest BCUT2D eigenvalue weighted by Crippen LogP contribution is 2.39. The summed E-state index contributed by atoms with van der Waals surface area (Å²) in [5.74, 6) is 1.88. The van der Waals surface area contributed by atoms with Crippen LogP contribution >= 0.6 is 23.5 Å². The van der Waals surface area contributed by atoms with E-state index in [0.717, 1.165) is 17.2 Å². The number of hydrogen-bond donors (Lipinski definition) is 1. The summed E-state index contributed by atoms with van der Waals surface area (Å²) in [6.07, 6.45) is 5.62. The van der Waals surface area contributed by atoms with Crippen molar-refractivity contribution in [3.05, 3.63) is 114 Å². The molecule has 0 unspecified atom stereocenters. The Balaban J connectivity index is 1.62. The molecule has 0 atom stereocenters. The van der Waals surface area contributed by atoms with E-state index in [2.05, 4.69) is 90.4 Å². The van der Waals surface area contributed by atoms with Gasteiger partial charge in [-0.25, -0.2) is 5.48 Å². The maximum Gasteiger partial charge on any atom is 0.119 e. The molecule has 140 valence electrons. The molecular weight excluding hydrogens is 382 g/mol. The summed E-state index contributed by atoms with van der Waals surface area (Å²) in [6, 6.07) is 27.7. The molecule has 4 rings (SSSR count). The number of thioether (sulfide) groups is 2. The molecule has 2 nitrogen and oxygen atoms in total. The summed E-state index contributed by atoms with van der Waals surface area (Å²) in [6.45, 7) is 0. The first-order chi connectivity index (χ1) is 13.9. The minimum atomic E-state index is 0.931. The zero-order valence-electron chi connectivity index (χ0n) is 15.4. The number of allylic oxidation sites excluding steroid dienone is 2. The van der Waals surface area contributed by atoms with Crippen LogP contribution in [0.1, 0.15) is 16.7 Å². The van der Waals surface area contributed by atoms with Gasteiger partial charge in [0.25, 0.3) is 0 Å². The van der Waals surface area contributed by atoms with Crippen LogP contribution in [0.4, 0.5) is 0 Å². The van der Waals surface area contributed by atoms with Gasteiger partial charge in [0.1, 0.15) is 6.26 Å². The maximum atomic E-state index is 5.31. The molecule has 3 aromatic rings. The van der Waals surface area contributed by atoms with Gasteiger partial charge in [-0.2, -0.15) is 0 Å². The van der Waals surface area contributed by atoms with Gasteiger partial charge in [0.05, 0.1) is 5.70 Å². The lowest BCUT2D eigenvalue weighted by Gasteiger charge is -2.18. The Bertz CT molecular complexity index is 968. The largest absolute Gasteiger partial charge is 0.390 e. The van der Waals surface area contributed by atoms with Crippen LogP contribution in [0.5, 0.6) is 0 Å². The molecule has 0 aliphatic carbocycles. The molecule has 0 amide bonds. The number of hydrogen-bond acceptors (Lipinski definition) is 4. The maximum absolute atomic E-state index is 5.31. The first kappa shape index (κ1) is 18.8. The molecule has 0 bridgehead atoms. The second kappa shape index (κ2) is 9.58. The molecule has 0 saturated heterocycles. The summed E-state index contributed by atoms with van der Waals surface area (Å²) in [4.78, 5) is 7.88. The van der Waals surface area contributed by atoms with Crippen molar-refractivity contribution in [2.75, 3.05) is 0 Å². The van der Waals surface area contributed by atoms with Crippen LogP contribution in [-0.4, -0.2) is 0 Å². The normalized spacial score (nSPS) is 12.8. The van der Waals surface area contributed by atoms with Crippen molar-refractivity contribution in [1.82, 2.24) is 5.48 Å². The molecule has 1 N–H and O–H groups in total. The van der Waals surface area contributed by atoms with E-state index in [1.54, 1.807) is 6.26 Å². The average Bonchev–Trinajstić information content (AvgIpc) is 2.78. The van der Waals surface area contributed by atoms with E-state index in [4.69, 9.17) is 4.84 Å². The van der Waals surface area contributed by atoms with E-state index >= 15 is 0 Å². The third kappa shape index (κ3) is 4.83. The molecule has 1 aliphatic rings. The van der Waals surface area contributed by atoms with Crippen LogP contribution in [-0.2, 0) is 16.3 Å². The fourth-order valence-corrected chi connectivity index (χ4v) is 5.24. The van der Waals surface area contributed by atoms with Gasteiger partial charge in [-0.15, -0.1) is 23.5 Å². The van der Waals surface area contributed by atoms with Crippen LogP contribution in [0.25, 0.3) is 5.70 Å². The van der Waals surface area contributed by atoms with E-state index in [0.29, 0.717) is 0 Å². The lowest BCUT2D eigenvalue weighted by molar-refractivity contribution is 0.181. The third-order valence-electron chi connectivity index (χ3n) is 4.31. The predicted octanol–water partition coefficient (Wildman–Crippen LogP) is 6.66.